The summed E-state index contributed by atoms with van der Waals surface area (Å²) in [5.74, 6) is 2.48. The van der Waals surface area contributed by atoms with Gasteiger partial charge in [-0.1, -0.05) is 6.92 Å². The van der Waals surface area contributed by atoms with Crippen LogP contribution in [0.3, 0.4) is 0 Å². The van der Waals surface area contributed by atoms with Crippen LogP contribution in [-0.2, 0) is 23.3 Å². The van der Waals surface area contributed by atoms with E-state index < -0.39 is 0 Å². The molecule has 0 aliphatic heterocycles. The van der Waals surface area contributed by atoms with E-state index in [0.29, 0.717) is 11.8 Å². The molecule has 7 nitrogen and oxygen atoms in total. The lowest BCUT2D eigenvalue weighted by atomic mass is 9.46. The second-order valence-corrected chi connectivity index (χ2v) is 10.1. The maximum atomic E-state index is 13.7. The predicted octanol–water partition coefficient (Wildman–Crippen LogP) is 4.14. The van der Waals surface area contributed by atoms with Crippen LogP contribution < -0.4 is 5.32 Å². The van der Waals surface area contributed by atoms with Gasteiger partial charge in [0.2, 0.25) is 5.91 Å². The molecule has 2 atom stereocenters. The lowest BCUT2D eigenvalue weighted by Gasteiger charge is -2.60. The van der Waals surface area contributed by atoms with E-state index in [0.717, 1.165) is 67.6 Å². The van der Waals surface area contributed by atoms with E-state index >= 15 is 0 Å². The maximum absolute atomic E-state index is 13.7. The van der Waals surface area contributed by atoms with Gasteiger partial charge in [-0.25, -0.2) is 14.6 Å². The number of anilines is 1. The molecule has 4 aliphatic rings. The monoisotopic (exact) mass is 418 g/mol. The molecule has 0 saturated heterocycles. The molecule has 4 saturated carbocycles. The van der Waals surface area contributed by atoms with Crippen molar-refractivity contribution < 1.29 is 4.79 Å². The Morgan fingerprint density at radius 2 is 2.00 bits per heavy atom. The summed E-state index contributed by atoms with van der Waals surface area (Å²) in [6.07, 6.45) is 10.8. The van der Waals surface area contributed by atoms with E-state index in [4.69, 9.17) is 4.98 Å². The number of hydrogen-bond donors (Lipinski definition) is 1. The van der Waals surface area contributed by atoms with Crippen molar-refractivity contribution in [1.29, 1.82) is 0 Å². The molecular formula is C24H30N6O. The highest BCUT2D eigenvalue weighted by Crippen LogP contribution is 2.64. The molecule has 2 aromatic heterocycles. The molecule has 4 aliphatic carbocycles. The number of fused-ring (bicyclic) bond motifs is 1. The third kappa shape index (κ3) is 2.78. The lowest BCUT2D eigenvalue weighted by molar-refractivity contribution is -0.150. The fourth-order valence-electron chi connectivity index (χ4n) is 7.34. The Hall–Kier alpha value is -2.70. The SMILES string of the molecule is CCc1nc2cc(NC(=O)C34CC5CC(C3)CC(n3cncn3)(C5)C4)ccc2n1CC. The van der Waals surface area contributed by atoms with Crippen molar-refractivity contribution in [1.82, 2.24) is 24.3 Å². The zero-order valence-corrected chi connectivity index (χ0v) is 18.3. The van der Waals surface area contributed by atoms with E-state index in [1.54, 1.807) is 6.33 Å². The van der Waals surface area contributed by atoms with Crippen LogP contribution in [0.5, 0.6) is 0 Å². The Morgan fingerprint density at radius 1 is 1.19 bits per heavy atom. The fourth-order valence-corrected chi connectivity index (χ4v) is 7.34. The summed E-state index contributed by atoms with van der Waals surface area (Å²) in [6.45, 7) is 5.18. The van der Waals surface area contributed by atoms with E-state index in [2.05, 4.69) is 44.6 Å². The average molecular weight is 419 g/mol. The zero-order chi connectivity index (χ0) is 21.2. The molecule has 1 N–H and O–H groups in total. The first kappa shape index (κ1) is 19.0. The third-order valence-electron chi connectivity index (χ3n) is 8.13. The van der Waals surface area contributed by atoms with E-state index in [9.17, 15) is 4.79 Å². The summed E-state index contributed by atoms with van der Waals surface area (Å²) >= 11 is 0. The van der Waals surface area contributed by atoms with Crippen molar-refractivity contribution in [2.75, 3.05) is 5.32 Å². The Kier molecular flexibility index (Phi) is 4.08. The van der Waals surface area contributed by atoms with Gasteiger partial charge in [-0.3, -0.25) is 4.79 Å². The highest BCUT2D eigenvalue weighted by molar-refractivity contribution is 5.97. The highest BCUT2D eigenvalue weighted by Gasteiger charge is 2.61. The number of benzene rings is 1. The first-order valence-electron chi connectivity index (χ1n) is 11.7. The van der Waals surface area contributed by atoms with Gasteiger partial charge in [0.15, 0.2) is 0 Å². The summed E-state index contributed by atoms with van der Waals surface area (Å²) in [5, 5.41) is 7.79. The minimum atomic E-state index is -0.303. The molecule has 1 aromatic carbocycles. The minimum Gasteiger partial charge on any atom is -0.328 e. The number of aromatic nitrogens is 5. The molecule has 1 amide bonds. The van der Waals surface area contributed by atoms with Crippen LogP contribution >= 0.6 is 0 Å². The van der Waals surface area contributed by atoms with Gasteiger partial charge in [0, 0.05) is 18.7 Å². The largest absolute Gasteiger partial charge is 0.328 e. The Bertz CT molecular complexity index is 1130. The van der Waals surface area contributed by atoms with Crippen LogP contribution in [0.2, 0.25) is 0 Å². The molecule has 31 heavy (non-hydrogen) atoms. The molecule has 3 aromatic rings. The number of aryl methyl sites for hydroxylation is 2. The van der Waals surface area contributed by atoms with Crippen LogP contribution in [0.25, 0.3) is 11.0 Å². The summed E-state index contributed by atoms with van der Waals surface area (Å²) in [5.41, 5.74) is 2.60. The van der Waals surface area contributed by atoms with Crippen molar-refractivity contribution in [2.45, 2.75) is 70.9 Å². The summed E-state index contributed by atoms with van der Waals surface area (Å²) in [4.78, 5) is 22.7. The van der Waals surface area contributed by atoms with Crippen molar-refractivity contribution >= 4 is 22.6 Å². The molecule has 0 spiro atoms. The van der Waals surface area contributed by atoms with E-state index in [1.807, 2.05) is 18.5 Å². The van der Waals surface area contributed by atoms with Crippen LogP contribution in [0, 0.1) is 17.3 Å². The van der Waals surface area contributed by atoms with Gasteiger partial charge in [0.1, 0.15) is 18.5 Å². The second-order valence-electron chi connectivity index (χ2n) is 10.1. The molecule has 162 valence electrons. The van der Waals surface area contributed by atoms with E-state index in [1.165, 1.54) is 6.42 Å². The van der Waals surface area contributed by atoms with Crippen LogP contribution in [0.1, 0.15) is 58.2 Å². The smallest absolute Gasteiger partial charge is 0.230 e. The number of nitrogens with one attached hydrogen (secondary N) is 1. The molecule has 7 heteroatoms. The summed E-state index contributed by atoms with van der Waals surface area (Å²) in [7, 11) is 0. The lowest BCUT2D eigenvalue weighted by Crippen LogP contribution is -2.60. The second kappa shape index (κ2) is 6.65. The summed E-state index contributed by atoms with van der Waals surface area (Å²) in [6, 6.07) is 6.16. The Morgan fingerprint density at radius 3 is 2.68 bits per heavy atom. The van der Waals surface area contributed by atoms with Gasteiger partial charge >= 0.3 is 0 Å². The van der Waals surface area contributed by atoms with Crippen LogP contribution in [0.4, 0.5) is 5.69 Å². The van der Waals surface area contributed by atoms with Crippen molar-refractivity contribution in [3.63, 3.8) is 0 Å². The normalized spacial score (nSPS) is 31.4. The van der Waals surface area contributed by atoms with Crippen molar-refractivity contribution in [3.05, 3.63) is 36.7 Å². The first-order valence-corrected chi connectivity index (χ1v) is 11.7. The minimum absolute atomic E-state index is 0.0438. The fraction of sp³-hybridized carbons (Fsp3) is 0.583. The zero-order valence-electron chi connectivity index (χ0n) is 18.3. The van der Waals surface area contributed by atoms with E-state index in [-0.39, 0.29) is 16.9 Å². The average Bonchev–Trinajstić information content (AvgIpc) is 3.40. The number of nitrogens with zero attached hydrogens (tertiary/aromatic N) is 5. The molecule has 4 fully saturated rings. The molecule has 7 rings (SSSR count). The number of hydrogen-bond acceptors (Lipinski definition) is 4. The quantitative estimate of drug-likeness (QED) is 0.675. The van der Waals surface area contributed by atoms with Gasteiger partial charge < -0.3 is 9.88 Å². The highest BCUT2D eigenvalue weighted by atomic mass is 16.2. The first-order chi connectivity index (χ1) is 15.0. The number of imidazole rings is 1. The third-order valence-corrected chi connectivity index (χ3v) is 8.13. The van der Waals surface area contributed by atoms with Crippen LogP contribution in [-0.4, -0.2) is 30.2 Å². The Balaban J connectivity index is 1.31. The molecule has 0 radical (unpaired) electrons. The van der Waals surface area contributed by atoms with Crippen molar-refractivity contribution in [3.8, 4) is 0 Å². The van der Waals surface area contributed by atoms with Gasteiger partial charge in [-0.15, -0.1) is 0 Å². The maximum Gasteiger partial charge on any atom is 0.230 e. The standard InChI is InChI=1S/C24H30N6O/c1-3-21-28-19-8-18(5-6-20(19)29(21)4-2)27-22(31)23-9-16-7-17(10-23)12-24(11-16,13-23)30-15-25-14-26-30/h5-6,8,14-17H,3-4,7,9-13H2,1-2H3,(H,27,31). The number of rotatable bonds is 5. The number of carbonyl (C=O) groups is 1. The summed E-state index contributed by atoms with van der Waals surface area (Å²) < 4.78 is 4.31. The molecule has 4 bridgehead atoms. The molecular weight excluding hydrogens is 388 g/mol. The van der Waals surface area contributed by atoms with Gasteiger partial charge in [0.25, 0.3) is 0 Å². The molecule has 2 unspecified atom stereocenters. The number of amides is 1. The van der Waals surface area contributed by atoms with Crippen LogP contribution in [0.15, 0.2) is 30.9 Å². The number of carbonyl (C=O) groups excluding carboxylic acids is 1. The Labute approximate surface area is 182 Å². The molecule has 2 heterocycles. The van der Waals surface area contributed by atoms with Gasteiger partial charge in [0.05, 0.1) is 22.0 Å². The predicted molar refractivity (Wildman–Crippen MR) is 119 cm³/mol. The van der Waals surface area contributed by atoms with Gasteiger partial charge in [-0.2, -0.15) is 5.10 Å². The van der Waals surface area contributed by atoms with Gasteiger partial charge in [-0.05, 0) is 75.5 Å². The van der Waals surface area contributed by atoms with Crippen molar-refractivity contribution in [2.24, 2.45) is 17.3 Å². The topological polar surface area (TPSA) is 77.6 Å².